The lowest BCUT2D eigenvalue weighted by Gasteiger charge is -2.14. The predicted molar refractivity (Wildman–Crippen MR) is 101 cm³/mol. The van der Waals surface area contributed by atoms with E-state index in [1.807, 2.05) is 51.1 Å². The SMILES string of the molecule is Cc1ccc2c(C)c(CCC(=O)NC(C)c3ccncc3)c(=O)oc2c1. The number of benzene rings is 1. The number of carbonyl (C=O) groups is 1. The van der Waals surface area contributed by atoms with Crippen LogP contribution in [0.15, 0.2) is 51.9 Å². The van der Waals surface area contributed by atoms with Gasteiger partial charge in [-0.1, -0.05) is 12.1 Å². The average molecular weight is 350 g/mol. The number of carbonyl (C=O) groups excluding carboxylic acids is 1. The Bertz CT molecular complexity index is 993. The molecular weight excluding hydrogens is 328 g/mol. The molecule has 5 nitrogen and oxygen atoms in total. The Morgan fingerprint density at radius 1 is 1.19 bits per heavy atom. The molecule has 0 aliphatic carbocycles. The van der Waals surface area contributed by atoms with Crippen LogP contribution in [0.3, 0.4) is 0 Å². The first-order chi connectivity index (χ1) is 12.5. The van der Waals surface area contributed by atoms with Gasteiger partial charge in [-0.25, -0.2) is 4.79 Å². The Hall–Kier alpha value is -2.95. The molecule has 0 radical (unpaired) electrons. The second-order valence-corrected chi connectivity index (χ2v) is 6.56. The van der Waals surface area contributed by atoms with E-state index in [4.69, 9.17) is 4.42 Å². The maximum Gasteiger partial charge on any atom is 0.339 e. The first-order valence-corrected chi connectivity index (χ1v) is 8.68. The van der Waals surface area contributed by atoms with Crippen molar-refractivity contribution >= 4 is 16.9 Å². The van der Waals surface area contributed by atoms with Gasteiger partial charge in [0.2, 0.25) is 5.91 Å². The standard InChI is InChI=1S/C21H22N2O3/c1-13-4-5-17-14(2)18(21(25)26-19(17)12-13)6-7-20(24)23-15(3)16-8-10-22-11-9-16/h4-5,8-12,15H,6-7H2,1-3H3,(H,23,24). The van der Waals surface area contributed by atoms with E-state index < -0.39 is 0 Å². The summed E-state index contributed by atoms with van der Waals surface area (Å²) in [5.41, 5.74) is 3.70. The number of nitrogens with one attached hydrogen (secondary N) is 1. The lowest BCUT2D eigenvalue weighted by molar-refractivity contribution is -0.121. The summed E-state index contributed by atoms with van der Waals surface area (Å²) in [6, 6.07) is 9.43. The molecule has 0 bridgehead atoms. The van der Waals surface area contributed by atoms with Crippen molar-refractivity contribution in [2.75, 3.05) is 0 Å². The molecule has 134 valence electrons. The molecule has 0 saturated heterocycles. The minimum atomic E-state index is -0.365. The van der Waals surface area contributed by atoms with Crippen molar-refractivity contribution in [2.24, 2.45) is 0 Å². The quantitative estimate of drug-likeness (QED) is 0.714. The normalized spacial score (nSPS) is 12.1. The monoisotopic (exact) mass is 350 g/mol. The molecule has 0 aliphatic heterocycles. The zero-order valence-corrected chi connectivity index (χ0v) is 15.2. The lowest BCUT2D eigenvalue weighted by Crippen LogP contribution is -2.27. The highest BCUT2D eigenvalue weighted by Gasteiger charge is 2.14. The molecule has 1 aromatic carbocycles. The molecule has 1 unspecified atom stereocenters. The third-order valence-corrected chi connectivity index (χ3v) is 4.63. The molecule has 0 aliphatic rings. The number of hydrogen-bond donors (Lipinski definition) is 1. The molecular formula is C21H22N2O3. The average Bonchev–Trinajstić information content (AvgIpc) is 2.61. The van der Waals surface area contributed by atoms with Crippen molar-refractivity contribution in [3.8, 4) is 0 Å². The second-order valence-electron chi connectivity index (χ2n) is 6.56. The fourth-order valence-corrected chi connectivity index (χ4v) is 3.08. The molecule has 1 N–H and O–H groups in total. The van der Waals surface area contributed by atoms with E-state index in [2.05, 4.69) is 10.3 Å². The van der Waals surface area contributed by atoms with Gasteiger partial charge in [-0.3, -0.25) is 9.78 Å². The third-order valence-electron chi connectivity index (χ3n) is 4.63. The van der Waals surface area contributed by atoms with Gasteiger partial charge in [0.05, 0.1) is 6.04 Å². The first-order valence-electron chi connectivity index (χ1n) is 8.68. The molecule has 3 aromatic rings. The summed E-state index contributed by atoms with van der Waals surface area (Å²) in [6.07, 6.45) is 3.98. The van der Waals surface area contributed by atoms with Crippen molar-refractivity contribution in [3.63, 3.8) is 0 Å². The third kappa shape index (κ3) is 3.82. The van der Waals surface area contributed by atoms with Gasteiger partial charge in [-0.15, -0.1) is 0 Å². The minimum absolute atomic E-state index is 0.0999. The van der Waals surface area contributed by atoms with Crippen LogP contribution in [0.25, 0.3) is 11.0 Å². The smallest absolute Gasteiger partial charge is 0.339 e. The maximum absolute atomic E-state index is 12.3. The van der Waals surface area contributed by atoms with Crippen molar-refractivity contribution in [2.45, 2.75) is 39.7 Å². The van der Waals surface area contributed by atoms with Crippen LogP contribution in [-0.4, -0.2) is 10.9 Å². The van der Waals surface area contributed by atoms with Crippen molar-refractivity contribution in [3.05, 3.63) is 75.4 Å². The predicted octanol–water partition coefficient (Wildman–Crippen LogP) is 3.61. The summed E-state index contributed by atoms with van der Waals surface area (Å²) in [6.45, 7) is 5.78. The first kappa shape index (κ1) is 17.9. The van der Waals surface area contributed by atoms with Gasteiger partial charge in [0.25, 0.3) is 0 Å². The number of rotatable bonds is 5. The molecule has 1 atom stereocenters. The highest BCUT2D eigenvalue weighted by atomic mass is 16.4. The number of aromatic nitrogens is 1. The Kier molecular flexibility index (Phi) is 5.16. The molecule has 26 heavy (non-hydrogen) atoms. The summed E-state index contributed by atoms with van der Waals surface area (Å²) in [5, 5.41) is 3.86. The fourth-order valence-electron chi connectivity index (χ4n) is 3.08. The van der Waals surface area contributed by atoms with E-state index in [0.717, 1.165) is 22.1 Å². The molecule has 2 aromatic heterocycles. The molecule has 3 rings (SSSR count). The highest BCUT2D eigenvalue weighted by Crippen LogP contribution is 2.21. The Labute approximate surface area is 152 Å². The zero-order chi connectivity index (χ0) is 18.7. The molecule has 5 heteroatoms. The fraction of sp³-hybridized carbons (Fsp3) is 0.286. The summed E-state index contributed by atoms with van der Waals surface area (Å²) in [4.78, 5) is 28.6. The number of fused-ring (bicyclic) bond motifs is 1. The van der Waals surface area contributed by atoms with E-state index in [1.165, 1.54) is 0 Å². The van der Waals surface area contributed by atoms with Gasteiger partial charge >= 0.3 is 5.63 Å². The van der Waals surface area contributed by atoms with Crippen LogP contribution in [0.4, 0.5) is 0 Å². The molecule has 0 fully saturated rings. The lowest BCUT2D eigenvalue weighted by atomic mass is 10.0. The van der Waals surface area contributed by atoms with Crippen LogP contribution in [0.2, 0.25) is 0 Å². The minimum Gasteiger partial charge on any atom is -0.423 e. The van der Waals surface area contributed by atoms with Crippen LogP contribution < -0.4 is 10.9 Å². The van der Waals surface area contributed by atoms with Crippen LogP contribution in [0.5, 0.6) is 0 Å². The molecule has 1 amide bonds. The summed E-state index contributed by atoms with van der Waals surface area (Å²) < 4.78 is 5.44. The zero-order valence-electron chi connectivity index (χ0n) is 15.2. The maximum atomic E-state index is 12.3. The highest BCUT2D eigenvalue weighted by molar-refractivity contribution is 5.82. The Morgan fingerprint density at radius 3 is 2.65 bits per heavy atom. The van der Waals surface area contributed by atoms with Gasteiger partial charge in [-0.2, -0.15) is 0 Å². The summed E-state index contributed by atoms with van der Waals surface area (Å²) in [7, 11) is 0. The van der Waals surface area contributed by atoms with Crippen molar-refractivity contribution < 1.29 is 9.21 Å². The van der Waals surface area contributed by atoms with Gasteiger partial charge in [0.1, 0.15) is 5.58 Å². The largest absolute Gasteiger partial charge is 0.423 e. The van der Waals surface area contributed by atoms with Gasteiger partial charge in [0.15, 0.2) is 0 Å². The number of nitrogens with zero attached hydrogens (tertiary/aromatic N) is 1. The van der Waals surface area contributed by atoms with Crippen molar-refractivity contribution in [1.82, 2.24) is 10.3 Å². The van der Waals surface area contributed by atoms with Crippen molar-refractivity contribution in [1.29, 1.82) is 0 Å². The Morgan fingerprint density at radius 2 is 1.92 bits per heavy atom. The van der Waals surface area contributed by atoms with Gasteiger partial charge in [-0.05, 0) is 62.1 Å². The van der Waals surface area contributed by atoms with Gasteiger partial charge < -0.3 is 9.73 Å². The van der Waals surface area contributed by atoms with E-state index >= 15 is 0 Å². The van der Waals surface area contributed by atoms with Crippen LogP contribution in [0.1, 0.15) is 41.6 Å². The van der Waals surface area contributed by atoms with Crippen LogP contribution >= 0.6 is 0 Å². The van der Waals surface area contributed by atoms with Gasteiger partial charge in [0, 0.05) is 29.8 Å². The molecule has 0 spiro atoms. The number of aryl methyl sites for hydroxylation is 2. The van der Waals surface area contributed by atoms with Crippen LogP contribution in [0, 0.1) is 13.8 Å². The molecule has 0 saturated carbocycles. The van der Waals surface area contributed by atoms with E-state index in [0.29, 0.717) is 17.6 Å². The van der Waals surface area contributed by atoms with Crippen LogP contribution in [-0.2, 0) is 11.2 Å². The number of amides is 1. The van der Waals surface area contributed by atoms with E-state index in [1.54, 1.807) is 12.4 Å². The Balaban J connectivity index is 1.72. The topological polar surface area (TPSA) is 72.2 Å². The number of pyridine rings is 1. The number of hydrogen-bond acceptors (Lipinski definition) is 4. The summed E-state index contributed by atoms with van der Waals surface area (Å²) >= 11 is 0. The van der Waals surface area contributed by atoms with E-state index in [-0.39, 0.29) is 24.0 Å². The second kappa shape index (κ2) is 7.52. The van der Waals surface area contributed by atoms with E-state index in [9.17, 15) is 9.59 Å². The summed E-state index contributed by atoms with van der Waals surface area (Å²) in [5.74, 6) is -0.0999. The molecule has 2 heterocycles.